The molecule has 0 amide bonds. The minimum absolute atomic E-state index is 0.322. The summed E-state index contributed by atoms with van der Waals surface area (Å²) < 4.78 is 1.12. The lowest BCUT2D eigenvalue weighted by Crippen LogP contribution is -2.19. The summed E-state index contributed by atoms with van der Waals surface area (Å²) in [5.41, 5.74) is 1.32. The van der Waals surface area contributed by atoms with Crippen LogP contribution >= 0.6 is 15.9 Å². The highest BCUT2D eigenvalue weighted by atomic mass is 79.9. The van der Waals surface area contributed by atoms with Crippen molar-refractivity contribution in [3.05, 3.63) is 34.3 Å². The van der Waals surface area contributed by atoms with Crippen LogP contribution in [0.15, 0.2) is 28.7 Å². The molecule has 2 nitrogen and oxygen atoms in total. The molecule has 3 heteroatoms. The van der Waals surface area contributed by atoms with Crippen molar-refractivity contribution in [3.63, 3.8) is 0 Å². The lowest BCUT2D eigenvalue weighted by molar-refractivity contribution is 0.282. The Kier molecular flexibility index (Phi) is 7.49. The number of aliphatic hydroxyl groups is 1. The van der Waals surface area contributed by atoms with Gasteiger partial charge in [0.1, 0.15) is 0 Å². The van der Waals surface area contributed by atoms with Gasteiger partial charge in [-0.25, -0.2) is 0 Å². The van der Waals surface area contributed by atoms with E-state index in [0.29, 0.717) is 12.6 Å². The zero-order chi connectivity index (χ0) is 12.5. The summed E-state index contributed by atoms with van der Waals surface area (Å²) in [6, 6.07) is 8.85. The number of halogens is 1. The van der Waals surface area contributed by atoms with E-state index in [0.717, 1.165) is 23.9 Å². The molecule has 0 aliphatic carbocycles. The van der Waals surface area contributed by atoms with Gasteiger partial charge in [-0.05, 0) is 44.0 Å². The van der Waals surface area contributed by atoms with Crippen LogP contribution in [0.4, 0.5) is 0 Å². The first-order chi connectivity index (χ1) is 8.24. The SMILES string of the molecule is CC(NCCCCCCO)c1ccc(Br)cc1. The number of hydrogen-bond donors (Lipinski definition) is 2. The third-order valence-corrected chi connectivity index (χ3v) is 3.43. The predicted molar refractivity (Wildman–Crippen MR) is 76.1 cm³/mol. The number of nitrogens with one attached hydrogen (secondary N) is 1. The van der Waals surface area contributed by atoms with Gasteiger partial charge in [-0.1, -0.05) is 40.9 Å². The Morgan fingerprint density at radius 2 is 1.76 bits per heavy atom. The molecule has 0 spiro atoms. The smallest absolute Gasteiger partial charge is 0.0431 e. The van der Waals surface area contributed by atoms with Crippen LogP contribution in [0.3, 0.4) is 0 Å². The van der Waals surface area contributed by atoms with Crippen LogP contribution in [0, 0.1) is 0 Å². The van der Waals surface area contributed by atoms with Gasteiger partial charge in [0.05, 0.1) is 0 Å². The molecular weight excluding hydrogens is 278 g/mol. The summed E-state index contributed by atoms with van der Waals surface area (Å²) >= 11 is 3.44. The van der Waals surface area contributed by atoms with E-state index < -0.39 is 0 Å². The zero-order valence-corrected chi connectivity index (χ0v) is 12.0. The maximum atomic E-state index is 8.66. The number of aliphatic hydroxyl groups excluding tert-OH is 1. The van der Waals surface area contributed by atoms with Crippen molar-refractivity contribution in [2.24, 2.45) is 0 Å². The molecule has 2 N–H and O–H groups in total. The number of rotatable bonds is 8. The van der Waals surface area contributed by atoms with Crippen LogP contribution in [0.2, 0.25) is 0 Å². The molecule has 0 heterocycles. The topological polar surface area (TPSA) is 32.3 Å². The van der Waals surface area contributed by atoms with E-state index in [1.807, 2.05) is 0 Å². The van der Waals surface area contributed by atoms with Gasteiger partial charge in [-0.15, -0.1) is 0 Å². The van der Waals surface area contributed by atoms with Gasteiger partial charge in [0.25, 0.3) is 0 Å². The Labute approximate surface area is 113 Å². The first-order valence-corrected chi connectivity index (χ1v) is 7.13. The summed E-state index contributed by atoms with van der Waals surface area (Å²) in [5, 5.41) is 12.2. The van der Waals surface area contributed by atoms with Gasteiger partial charge in [-0.3, -0.25) is 0 Å². The Morgan fingerprint density at radius 3 is 2.41 bits per heavy atom. The Bertz CT molecular complexity index is 300. The lowest BCUT2D eigenvalue weighted by atomic mass is 10.1. The highest BCUT2D eigenvalue weighted by molar-refractivity contribution is 9.10. The van der Waals surface area contributed by atoms with E-state index in [2.05, 4.69) is 52.4 Å². The van der Waals surface area contributed by atoms with E-state index in [9.17, 15) is 0 Å². The second-order valence-corrected chi connectivity index (χ2v) is 5.28. The van der Waals surface area contributed by atoms with Crippen molar-refractivity contribution in [2.75, 3.05) is 13.2 Å². The summed E-state index contributed by atoms with van der Waals surface area (Å²) in [7, 11) is 0. The average molecular weight is 300 g/mol. The third-order valence-electron chi connectivity index (χ3n) is 2.91. The van der Waals surface area contributed by atoms with Gasteiger partial charge in [0.15, 0.2) is 0 Å². The minimum Gasteiger partial charge on any atom is -0.396 e. The first-order valence-electron chi connectivity index (χ1n) is 6.33. The maximum absolute atomic E-state index is 8.66. The van der Waals surface area contributed by atoms with Gasteiger partial charge in [-0.2, -0.15) is 0 Å². The van der Waals surface area contributed by atoms with Gasteiger partial charge in [0.2, 0.25) is 0 Å². The molecule has 0 saturated carbocycles. The van der Waals surface area contributed by atoms with Crippen molar-refractivity contribution < 1.29 is 5.11 Å². The Morgan fingerprint density at radius 1 is 1.12 bits per heavy atom. The van der Waals surface area contributed by atoms with E-state index in [1.54, 1.807) is 0 Å². The molecule has 0 saturated heterocycles. The molecule has 0 aliphatic heterocycles. The molecule has 0 bridgehead atoms. The Balaban J connectivity index is 2.16. The summed E-state index contributed by atoms with van der Waals surface area (Å²) in [6.45, 7) is 3.56. The van der Waals surface area contributed by atoms with E-state index in [1.165, 1.54) is 18.4 Å². The number of hydrogen-bond acceptors (Lipinski definition) is 2. The highest BCUT2D eigenvalue weighted by Crippen LogP contribution is 2.16. The second kappa shape index (κ2) is 8.67. The van der Waals surface area contributed by atoms with Crippen molar-refractivity contribution in [1.82, 2.24) is 5.32 Å². The number of benzene rings is 1. The predicted octanol–water partition coefficient (Wildman–Crippen LogP) is 3.65. The largest absolute Gasteiger partial charge is 0.396 e. The molecule has 0 aromatic heterocycles. The second-order valence-electron chi connectivity index (χ2n) is 4.37. The monoisotopic (exact) mass is 299 g/mol. The molecule has 1 aromatic carbocycles. The molecular formula is C14H22BrNO. The molecule has 0 aliphatic rings. The van der Waals surface area contributed by atoms with Crippen molar-refractivity contribution in [3.8, 4) is 0 Å². The van der Waals surface area contributed by atoms with Crippen molar-refractivity contribution >= 4 is 15.9 Å². The summed E-state index contributed by atoms with van der Waals surface area (Å²) in [5.74, 6) is 0. The van der Waals surface area contributed by atoms with E-state index in [4.69, 9.17) is 5.11 Å². The van der Waals surface area contributed by atoms with Crippen LogP contribution in [0.1, 0.15) is 44.2 Å². The average Bonchev–Trinajstić information content (AvgIpc) is 2.34. The van der Waals surface area contributed by atoms with Gasteiger partial charge < -0.3 is 10.4 Å². The van der Waals surface area contributed by atoms with Gasteiger partial charge >= 0.3 is 0 Å². The zero-order valence-electron chi connectivity index (χ0n) is 10.5. The number of unbranched alkanes of at least 4 members (excludes halogenated alkanes) is 3. The maximum Gasteiger partial charge on any atom is 0.0431 e. The summed E-state index contributed by atoms with van der Waals surface area (Å²) in [6.07, 6.45) is 4.44. The first kappa shape index (κ1) is 14.7. The van der Waals surface area contributed by atoms with Crippen molar-refractivity contribution in [1.29, 1.82) is 0 Å². The quantitative estimate of drug-likeness (QED) is 0.718. The fourth-order valence-electron chi connectivity index (χ4n) is 1.78. The Hall–Kier alpha value is -0.380. The van der Waals surface area contributed by atoms with Crippen LogP contribution in [-0.4, -0.2) is 18.3 Å². The van der Waals surface area contributed by atoms with Crippen LogP contribution in [0.25, 0.3) is 0 Å². The summed E-state index contributed by atoms with van der Waals surface area (Å²) in [4.78, 5) is 0. The van der Waals surface area contributed by atoms with Crippen molar-refractivity contribution in [2.45, 2.75) is 38.6 Å². The van der Waals surface area contributed by atoms with Crippen LogP contribution in [0.5, 0.6) is 0 Å². The van der Waals surface area contributed by atoms with E-state index >= 15 is 0 Å². The molecule has 96 valence electrons. The van der Waals surface area contributed by atoms with Crippen LogP contribution < -0.4 is 5.32 Å². The fraction of sp³-hybridized carbons (Fsp3) is 0.571. The van der Waals surface area contributed by atoms with Gasteiger partial charge in [0, 0.05) is 17.1 Å². The molecule has 0 radical (unpaired) electrons. The molecule has 1 rings (SSSR count). The molecule has 1 atom stereocenters. The molecule has 1 aromatic rings. The van der Waals surface area contributed by atoms with Crippen LogP contribution in [-0.2, 0) is 0 Å². The van der Waals surface area contributed by atoms with E-state index in [-0.39, 0.29) is 0 Å². The highest BCUT2D eigenvalue weighted by Gasteiger charge is 2.03. The lowest BCUT2D eigenvalue weighted by Gasteiger charge is -2.14. The fourth-order valence-corrected chi connectivity index (χ4v) is 2.04. The standard InChI is InChI=1S/C14H22BrNO/c1-12(13-6-8-14(15)9-7-13)16-10-4-2-3-5-11-17/h6-9,12,16-17H,2-5,10-11H2,1H3. The minimum atomic E-state index is 0.322. The normalized spacial score (nSPS) is 12.6. The molecule has 1 unspecified atom stereocenters. The molecule has 0 fully saturated rings. The third kappa shape index (κ3) is 6.20. The molecule has 17 heavy (non-hydrogen) atoms.